The number of nitrogens with zero attached hydrogens (tertiary/aromatic N) is 4. The number of benzene rings is 1. The van der Waals surface area contributed by atoms with Crippen LogP contribution < -0.4 is 11.1 Å². The Bertz CT molecular complexity index is 1640. The largest absolute Gasteiger partial charge is 0.468 e. The van der Waals surface area contributed by atoms with Crippen LogP contribution in [0, 0.1) is 23.2 Å². The van der Waals surface area contributed by atoms with Crippen molar-refractivity contribution in [1.29, 1.82) is 0 Å². The summed E-state index contributed by atoms with van der Waals surface area (Å²) in [6.07, 6.45) is 11.0. The second-order valence-corrected chi connectivity index (χ2v) is 14.1. The summed E-state index contributed by atoms with van der Waals surface area (Å²) in [7, 11) is 1.29. The van der Waals surface area contributed by atoms with Crippen LogP contribution in [0.4, 0.5) is 0 Å². The molecule has 228 valence electrons. The first-order valence-electron chi connectivity index (χ1n) is 16.3. The maximum atomic E-state index is 14.4. The Morgan fingerprint density at radius 1 is 0.953 bits per heavy atom. The highest BCUT2D eigenvalue weighted by Gasteiger charge is 2.54. The van der Waals surface area contributed by atoms with Crippen molar-refractivity contribution in [3.05, 3.63) is 63.2 Å². The predicted molar refractivity (Wildman–Crippen MR) is 167 cm³/mol. The fourth-order valence-corrected chi connectivity index (χ4v) is 9.42. The minimum atomic E-state index is -0.551. The van der Waals surface area contributed by atoms with Crippen molar-refractivity contribution >= 4 is 17.0 Å². The van der Waals surface area contributed by atoms with E-state index in [1.165, 1.54) is 69.2 Å². The summed E-state index contributed by atoms with van der Waals surface area (Å²) in [6.45, 7) is 5.88. The van der Waals surface area contributed by atoms with Crippen LogP contribution in [-0.2, 0) is 16.1 Å². The Morgan fingerprint density at radius 3 is 2.44 bits per heavy atom. The van der Waals surface area contributed by atoms with Crippen molar-refractivity contribution in [3.8, 4) is 11.4 Å². The summed E-state index contributed by atoms with van der Waals surface area (Å²) in [4.78, 5) is 47.0. The van der Waals surface area contributed by atoms with Crippen molar-refractivity contribution < 1.29 is 9.53 Å². The molecule has 0 amide bonds. The summed E-state index contributed by atoms with van der Waals surface area (Å²) in [5.41, 5.74) is 2.03. The van der Waals surface area contributed by atoms with Crippen LogP contribution in [-0.4, -0.2) is 50.7 Å². The minimum Gasteiger partial charge on any atom is -0.468 e. The molecule has 5 aliphatic rings. The average molecular weight is 585 g/mol. The van der Waals surface area contributed by atoms with Gasteiger partial charge in [0.2, 0.25) is 0 Å². The molecule has 2 saturated heterocycles. The van der Waals surface area contributed by atoms with Gasteiger partial charge in [0.1, 0.15) is 6.54 Å². The lowest BCUT2D eigenvalue weighted by atomic mass is 9.45. The van der Waals surface area contributed by atoms with E-state index >= 15 is 0 Å². The fourth-order valence-electron chi connectivity index (χ4n) is 9.42. The molecule has 1 unspecified atom stereocenters. The summed E-state index contributed by atoms with van der Waals surface area (Å²) in [5.74, 6) is 2.12. The topological polar surface area (TPSA) is 86.4 Å². The average Bonchev–Trinajstić information content (AvgIpc) is 3.00. The molecule has 3 saturated carbocycles. The summed E-state index contributed by atoms with van der Waals surface area (Å²) >= 11 is 0. The van der Waals surface area contributed by atoms with Gasteiger partial charge in [-0.25, -0.2) is 4.98 Å². The molecule has 8 heteroatoms. The number of para-hydroxylation sites is 2. The quantitative estimate of drug-likeness (QED) is 0.345. The van der Waals surface area contributed by atoms with Gasteiger partial charge in [-0.05, 0) is 99.3 Å². The zero-order valence-corrected chi connectivity index (χ0v) is 25.7. The number of hydrogen-bond donors (Lipinski definition) is 0. The zero-order chi connectivity index (χ0) is 29.9. The van der Waals surface area contributed by atoms with Crippen LogP contribution >= 0.6 is 0 Å². The standard InChI is InChI=1S/C35H44N4O4/c1-35(2)23-15-14-22(27(35)18-23)16-17-37-24-8-6-9-25(37)20-26(19-24)39-29-11-5-4-10-28(29)36-33(34(39)42)30-12-7-13-31(40)38(30)21-32(41)43-3/h4-5,7,10-13,22-27H,6,8-9,14-21H2,1-3H3/t22-,23-,24-,25+,26?,27+/m0/s1. The van der Waals surface area contributed by atoms with E-state index in [9.17, 15) is 14.4 Å². The highest BCUT2D eigenvalue weighted by Crippen LogP contribution is 2.62. The number of esters is 1. The van der Waals surface area contributed by atoms with Gasteiger partial charge >= 0.3 is 5.97 Å². The molecule has 2 aliphatic heterocycles. The monoisotopic (exact) mass is 584 g/mol. The van der Waals surface area contributed by atoms with Crippen molar-refractivity contribution in [2.75, 3.05) is 13.7 Å². The van der Waals surface area contributed by atoms with E-state index in [-0.39, 0.29) is 29.4 Å². The fraction of sp³-hybridized carbons (Fsp3) is 0.600. The van der Waals surface area contributed by atoms with Crippen LogP contribution in [0.25, 0.3) is 22.4 Å². The van der Waals surface area contributed by atoms with Gasteiger partial charge in [-0.2, -0.15) is 0 Å². The number of hydrogen-bond acceptors (Lipinski definition) is 6. The first-order chi connectivity index (χ1) is 20.8. The molecule has 1 aromatic carbocycles. The smallest absolute Gasteiger partial charge is 0.325 e. The molecule has 8 nitrogen and oxygen atoms in total. The third-order valence-corrected chi connectivity index (χ3v) is 11.8. The third kappa shape index (κ3) is 4.86. The Labute approximate surface area is 253 Å². The molecule has 4 heterocycles. The van der Waals surface area contributed by atoms with Crippen LogP contribution in [0.1, 0.15) is 77.7 Å². The minimum absolute atomic E-state index is 0.0520. The normalized spacial score (nSPS) is 29.7. The highest BCUT2D eigenvalue weighted by molar-refractivity contribution is 5.78. The molecule has 0 spiro atoms. The summed E-state index contributed by atoms with van der Waals surface area (Å²) in [6, 6.07) is 13.5. The van der Waals surface area contributed by atoms with Gasteiger partial charge in [-0.15, -0.1) is 0 Å². The molecule has 6 atom stereocenters. The van der Waals surface area contributed by atoms with E-state index in [4.69, 9.17) is 9.72 Å². The Hall–Kier alpha value is -3.26. The molecule has 4 bridgehead atoms. The van der Waals surface area contributed by atoms with Crippen LogP contribution in [0.3, 0.4) is 0 Å². The summed E-state index contributed by atoms with van der Waals surface area (Å²) < 4.78 is 8.09. The number of aromatic nitrogens is 3. The SMILES string of the molecule is COC(=O)Cn1c(-c2nc3ccccc3n(C3C[C@H]4CCC[C@@H](C3)N4CC[C@@H]3CC[C@H]4C[C@H]3C4(C)C)c2=O)cccc1=O. The molecule has 0 radical (unpaired) electrons. The highest BCUT2D eigenvalue weighted by atomic mass is 16.5. The molecule has 8 rings (SSSR count). The maximum Gasteiger partial charge on any atom is 0.325 e. The van der Waals surface area contributed by atoms with Crippen LogP contribution in [0.15, 0.2) is 52.1 Å². The van der Waals surface area contributed by atoms with Crippen molar-refractivity contribution in [3.63, 3.8) is 0 Å². The number of fused-ring (bicyclic) bond motifs is 5. The number of carbonyl (C=O) groups is 1. The number of pyridine rings is 1. The molecule has 3 aromatic rings. The summed E-state index contributed by atoms with van der Waals surface area (Å²) in [5, 5.41) is 0. The molecule has 43 heavy (non-hydrogen) atoms. The van der Waals surface area contributed by atoms with E-state index in [0.29, 0.717) is 28.7 Å². The van der Waals surface area contributed by atoms with Gasteiger partial charge in [0, 0.05) is 24.2 Å². The number of carbonyl (C=O) groups excluding carboxylic acids is 1. The zero-order valence-electron chi connectivity index (χ0n) is 25.7. The van der Waals surface area contributed by atoms with Gasteiger partial charge in [0.05, 0.1) is 23.8 Å². The van der Waals surface area contributed by atoms with Crippen LogP contribution in [0.2, 0.25) is 0 Å². The maximum absolute atomic E-state index is 14.4. The molecular formula is C35H44N4O4. The second kappa shape index (κ2) is 11.0. The van der Waals surface area contributed by atoms with Gasteiger partial charge < -0.3 is 9.30 Å². The van der Waals surface area contributed by atoms with Crippen molar-refractivity contribution in [1.82, 2.24) is 19.0 Å². The van der Waals surface area contributed by atoms with E-state index in [1.807, 2.05) is 28.8 Å². The number of piperidine rings is 2. The Balaban J connectivity index is 1.20. The van der Waals surface area contributed by atoms with Gasteiger partial charge in [-0.3, -0.25) is 23.9 Å². The lowest BCUT2D eigenvalue weighted by Gasteiger charge is -2.60. The molecular weight excluding hydrogens is 540 g/mol. The number of rotatable bonds is 7. The molecule has 5 fully saturated rings. The van der Waals surface area contributed by atoms with Crippen molar-refractivity contribution in [2.24, 2.45) is 23.2 Å². The first-order valence-corrected chi connectivity index (χ1v) is 16.3. The van der Waals surface area contributed by atoms with E-state index < -0.39 is 5.97 Å². The Kier molecular flexibility index (Phi) is 7.31. The number of methoxy groups -OCH3 is 1. The second-order valence-electron chi connectivity index (χ2n) is 14.1. The van der Waals surface area contributed by atoms with Crippen LogP contribution in [0.5, 0.6) is 0 Å². The van der Waals surface area contributed by atoms with Gasteiger partial charge in [0.15, 0.2) is 5.69 Å². The van der Waals surface area contributed by atoms with E-state index in [2.05, 4.69) is 18.7 Å². The molecule has 3 aliphatic carbocycles. The third-order valence-electron chi connectivity index (χ3n) is 11.8. The lowest BCUT2D eigenvalue weighted by Crippen LogP contribution is -2.55. The van der Waals surface area contributed by atoms with Crippen molar-refractivity contribution in [2.45, 2.75) is 96.3 Å². The number of ether oxygens (including phenoxy) is 1. The Morgan fingerprint density at radius 2 is 1.72 bits per heavy atom. The molecule has 0 N–H and O–H groups in total. The predicted octanol–water partition coefficient (Wildman–Crippen LogP) is 5.42. The van der Waals surface area contributed by atoms with E-state index in [0.717, 1.165) is 36.1 Å². The van der Waals surface area contributed by atoms with Gasteiger partial charge in [-0.1, -0.05) is 38.5 Å². The van der Waals surface area contributed by atoms with Gasteiger partial charge in [0.25, 0.3) is 11.1 Å². The molecule has 2 aromatic heterocycles. The first kappa shape index (κ1) is 28.5. The van der Waals surface area contributed by atoms with E-state index in [1.54, 1.807) is 12.1 Å². The lowest BCUT2D eigenvalue weighted by molar-refractivity contribution is -0.141.